The molecule has 0 aliphatic carbocycles. The Hall–Kier alpha value is -1.10. The number of nitrogens with zero attached hydrogens (tertiary/aromatic N) is 1. The van der Waals surface area contributed by atoms with Gasteiger partial charge in [-0.25, -0.2) is 0 Å². The van der Waals surface area contributed by atoms with Crippen LogP contribution in [0.4, 0.5) is 0 Å². The highest BCUT2D eigenvalue weighted by atomic mass is 16.5. The number of fused-ring (bicyclic) bond motifs is 2. The average Bonchev–Trinajstić information content (AvgIpc) is 3.05. The molecule has 3 saturated heterocycles. The van der Waals surface area contributed by atoms with E-state index in [-0.39, 0.29) is 48.1 Å². The number of carbonyl (C=O) groups excluding carboxylic acids is 2. The molecule has 3 fully saturated rings. The number of rotatable bonds is 3. The van der Waals surface area contributed by atoms with Crippen LogP contribution in [-0.4, -0.2) is 47.0 Å². The van der Waals surface area contributed by atoms with E-state index < -0.39 is 0 Å². The summed E-state index contributed by atoms with van der Waals surface area (Å²) in [4.78, 5) is 26.8. The minimum Gasteiger partial charge on any atom is -0.373 e. The summed E-state index contributed by atoms with van der Waals surface area (Å²) in [5.74, 6) is 0.214. The number of amides is 2. The molecular formula is C15H24N2O3. The Morgan fingerprint density at radius 2 is 2.15 bits per heavy atom. The van der Waals surface area contributed by atoms with Gasteiger partial charge >= 0.3 is 0 Å². The topological polar surface area (TPSA) is 58.6 Å². The normalized spacial score (nSPS) is 42.0. The highest BCUT2D eigenvalue weighted by molar-refractivity contribution is 5.97. The molecule has 6 unspecified atom stereocenters. The first-order valence-electron chi connectivity index (χ1n) is 7.81. The van der Waals surface area contributed by atoms with Gasteiger partial charge in [0.2, 0.25) is 11.8 Å². The molecule has 1 N–H and O–H groups in total. The molecular weight excluding hydrogens is 256 g/mol. The molecule has 0 spiro atoms. The maximum absolute atomic E-state index is 12.8. The molecule has 3 aliphatic rings. The van der Waals surface area contributed by atoms with Gasteiger partial charge in [-0.1, -0.05) is 20.3 Å². The van der Waals surface area contributed by atoms with E-state index in [1.807, 2.05) is 25.7 Å². The fourth-order valence-corrected chi connectivity index (χ4v) is 3.79. The van der Waals surface area contributed by atoms with Gasteiger partial charge in [0.05, 0.1) is 18.2 Å². The van der Waals surface area contributed by atoms with E-state index in [0.29, 0.717) is 0 Å². The molecule has 0 aromatic heterocycles. The summed E-state index contributed by atoms with van der Waals surface area (Å²) in [6.07, 6.45) is 4.31. The standard InChI is InChI=1S/C15H24N2O3/c1-4-8(2)13-15(19)17(9(3)14(18)16-13)11-7-10-5-6-12(11)20-10/h8-13H,4-7H2,1-3H3,(H,16,18). The van der Waals surface area contributed by atoms with Crippen molar-refractivity contribution in [2.24, 2.45) is 5.92 Å². The summed E-state index contributed by atoms with van der Waals surface area (Å²) in [6, 6.07) is -0.660. The number of hydrogen-bond donors (Lipinski definition) is 1. The van der Waals surface area contributed by atoms with Crippen molar-refractivity contribution in [3.05, 3.63) is 0 Å². The zero-order valence-electron chi connectivity index (χ0n) is 12.5. The Balaban J connectivity index is 1.83. The van der Waals surface area contributed by atoms with Crippen molar-refractivity contribution in [3.8, 4) is 0 Å². The van der Waals surface area contributed by atoms with Crippen molar-refractivity contribution in [2.75, 3.05) is 0 Å². The number of nitrogens with one attached hydrogen (secondary N) is 1. The third-order valence-corrected chi connectivity index (χ3v) is 5.26. The van der Waals surface area contributed by atoms with Gasteiger partial charge in [0.1, 0.15) is 12.1 Å². The lowest BCUT2D eigenvalue weighted by molar-refractivity contribution is -0.154. The predicted octanol–water partition coefficient (Wildman–Crippen LogP) is 1.07. The average molecular weight is 280 g/mol. The van der Waals surface area contributed by atoms with Gasteiger partial charge in [-0.2, -0.15) is 0 Å². The van der Waals surface area contributed by atoms with Crippen LogP contribution in [-0.2, 0) is 14.3 Å². The SMILES string of the molecule is CCC(C)C1NC(=O)C(C)N(C2CC3CCC2O3)C1=O. The van der Waals surface area contributed by atoms with Crippen molar-refractivity contribution in [2.45, 2.75) is 76.8 Å². The molecule has 112 valence electrons. The Labute approximate surface area is 120 Å². The van der Waals surface area contributed by atoms with E-state index in [9.17, 15) is 9.59 Å². The minimum absolute atomic E-state index is 0.0299. The summed E-state index contributed by atoms with van der Waals surface area (Å²) in [6.45, 7) is 5.90. The van der Waals surface area contributed by atoms with E-state index >= 15 is 0 Å². The molecule has 3 rings (SSSR count). The Morgan fingerprint density at radius 1 is 1.40 bits per heavy atom. The summed E-state index contributed by atoms with van der Waals surface area (Å²) in [5.41, 5.74) is 0. The van der Waals surface area contributed by atoms with Crippen LogP contribution in [0.15, 0.2) is 0 Å². The first-order chi connectivity index (χ1) is 9.52. The Kier molecular flexibility index (Phi) is 3.48. The quantitative estimate of drug-likeness (QED) is 0.841. The largest absolute Gasteiger partial charge is 0.373 e. The van der Waals surface area contributed by atoms with Gasteiger partial charge in [0.25, 0.3) is 0 Å². The zero-order chi connectivity index (χ0) is 14.4. The molecule has 6 atom stereocenters. The van der Waals surface area contributed by atoms with Crippen molar-refractivity contribution >= 4 is 11.8 Å². The van der Waals surface area contributed by atoms with E-state index in [0.717, 1.165) is 25.7 Å². The summed E-state index contributed by atoms with van der Waals surface area (Å²) >= 11 is 0. The second-order valence-corrected chi connectivity index (χ2v) is 6.47. The summed E-state index contributed by atoms with van der Waals surface area (Å²) in [5, 5.41) is 2.89. The first-order valence-corrected chi connectivity index (χ1v) is 7.81. The lowest BCUT2D eigenvalue weighted by Crippen LogP contribution is -2.67. The lowest BCUT2D eigenvalue weighted by Gasteiger charge is -2.44. The molecule has 3 heterocycles. The van der Waals surface area contributed by atoms with Crippen molar-refractivity contribution in [1.82, 2.24) is 10.2 Å². The smallest absolute Gasteiger partial charge is 0.246 e. The summed E-state index contributed by atoms with van der Waals surface area (Å²) in [7, 11) is 0. The van der Waals surface area contributed by atoms with Gasteiger partial charge in [-0.05, 0) is 32.1 Å². The molecule has 3 aliphatic heterocycles. The molecule has 20 heavy (non-hydrogen) atoms. The molecule has 5 heteroatoms. The molecule has 2 bridgehead atoms. The van der Waals surface area contributed by atoms with Crippen LogP contribution in [0.2, 0.25) is 0 Å². The third-order valence-electron chi connectivity index (χ3n) is 5.26. The van der Waals surface area contributed by atoms with Crippen LogP contribution in [0.1, 0.15) is 46.5 Å². The first kappa shape index (κ1) is 13.9. The molecule has 0 radical (unpaired) electrons. The number of piperazine rings is 1. The Bertz CT molecular complexity index is 425. The van der Waals surface area contributed by atoms with Crippen molar-refractivity contribution in [3.63, 3.8) is 0 Å². The van der Waals surface area contributed by atoms with E-state index in [4.69, 9.17) is 4.74 Å². The fraction of sp³-hybridized carbons (Fsp3) is 0.867. The van der Waals surface area contributed by atoms with E-state index in [1.165, 1.54) is 0 Å². The van der Waals surface area contributed by atoms with E-state index in [2.05, 4.69) is 5.32 Å². The third kappa shape index (κ3) is 2.03. The highest BCUT2D eigenvalue weighted by Crippen LogP contribution is 2.39. The molecule has 5 nitrogen and oxygen atoms in total. The predicted molar refractivity (Wildman–Crippen MR) is 74.0 cm³/mol. The van der Waals surface area contributed by atoms with Gasteiger partial charge in [0, 0.05) is 0 Å². The second-order valence-electron chi connectivity index (χ2n) is 6.47. The summed E-state index contributed by atoms with van der Waals surface area (Å²) < 4.78 is 5.87. The molecule has 2 amide bonds. The lowest BCUT2D eigenvalue weighted by atomic mass is 9.89. The van der Waals surface area contributed by atoms with E-state index in [1.54, 1.807) is 0 Å². The van der Waals surface area contributed by atoms with Gasteiger partial charge in [-0.15, -0.1) is 0 Å². The van der Waals surface area contributed by atoms with Crippen LogP contribution in [0, 0.1) is 5.92 Å². The molecule has 0 saturated carbocycles. The van der Waals surface area contributed by atoms with Gasteiger partial charge < -0.3 is 15.0 Å². The van der Waals surface area contributed by atoms with Crippen LogP contribution in [0.25, 0.3) is 0 Å². The molecule has 0 aromatic rings. The van der Waals surface area contributed by atoms with Gasteiger partial charge in [0.15, 0.2) is 0 Å². The number of hydrogen-bond acceptors (Lipinski definition) is 3. The second kappa shape index (κ2) is 5.02. The monoisotopic (exact) mass is 280 g/mol. The van der Waals surface area contributed by atoms with Crippen molar-refractivity contribution < 1.29 is 14.3 Å². The van der Waals surface area contributed by atoms with Crippen molar-refractivity contribution in [1.29, 1.82) is 0 Å². The van der Waals surface area contributed by atoms with Crippen LogP contribution in [0.5, 0.6) is 0 Å². The fourth-order valence-electron chi connectivity index (χ4n) is 3.79. The maximum Gasteiger partial charge on any atom is 0.246 e. The molecule has 0 aromatic carbocycles. The van der Waals surface area contributed by atoms with Crippen LogP contribution >= 0.6 is 0 Å². The van der Waals surface area contributed by atoms with Crippen LogP contribution in [0.3, 0.4) is 0 Å². The maximum atomic E-state index is 12.8. The minimum atomic E-state index is -0.379. The number of carbonyl (C=O) groups is 2. The highest BCUT2D eigenvalue weighted by Gasteiger charge is 2.50. The van der Waals surface area contributed by atoms with Crippen LogP contribution < -0.4 is 5.32 Å². The van der Waals surface area contributed by atoms with Gasteiger partial charge in [-0.3, -0.25) is 9.59 Å². The number of ether oxygens (including phenoxy) is 1. The zero-order valence-corrected chi connectivity index (χ0v) is 12.5. The Morgan fingerprint density at radius 3 is 2.70 bits per heavy atom.